The number of likely N-dealkylation sites (tertiary alicyclic amines) is 1. The van der Waals surface area contributed by atoms with Crippen LogP contribution >= 0.6 is 11.3 Å². The Hall–Kier alpha value is -0.960. The second-order valence-corrected chi connectivity index (χ2v) is 11.2. The molecule has 0 aliphatic carbocycles. The van der Waals surface area contributed by atoms with E-state index >= 15 is 0 Å². The van der Waals surface area contributed by atoms with E-state index in [0.29, 0.717) is 30.3 Å². The topological polar surface area (TPSA) is 83.7 Å². The molecule has 1 amide bonds. The number of amides is 1. The van der Waals surface area contributed by atoms with Crippen molar-refractivity contribution in [3.8, 4) is 0 Å². The molecule has 6 nitrogen and oxygen atoms in total. The van der Waals surface area contributed by atoms with Crippen LogP contribution in [0.15, 0.2) is 16.3 Å². The molecule has 2 aliphatic heterocycles. The van der Waals surface area contributed by atoms with Crippen LogP contribution in [0, 0.1) is 12.3 Å². The predicted octanol–water partition coefficient (Wildman–Crippen LogP) is 1.80. The van der Waals surface area contributed by atoms with Gasteiger partial charge in [-0.1, -0.05) is 13.8 Å². The Morgan fingerprint density at radius 2 is 2.00 bits per heavy atom. The molecule has 2 atom stereocenters. The lowest BCUT2D eigenvalue weighted by Gasteiger charge is -2.43. The molecule has 2 saturated heterocycles. The Labute approximate surface area is 154 Å². The number of carbonyl (C=O) groups is 1. The van der Waals surface area contributed by atoms with Crippen molar-refractivity contribution in [3.63, 3.8) is 0 Å². The number of sulfonamides is 1. The molecule has 1 aromatic rings. The minimum Gasteiger partial charge on any atom is -0.341 e. The highest BCUT2D eigenvalue weighted by Crippen LogP contribution is 2.33. The van der Waals surface area contributed by atoms with Crippen LogP contribution in [0.25, 0.3) is 0 Å². The summed E-state index contributed by atoms with van der Waals surface area (Å²) in [5.41, 5.74) is 6.01. The maximum atomic E-state index is 13.1. The first-order valence-electron chi connectivity index (χ1n) is 8.75. The first kappa shape index (κ1) is 18.8. The fraction of sp³-hybridized carbons (Fsp3) is 0.706. The monoisotopic (exact) mass is 385 g/mol. The summed E-state index contributed by atoms with van der Waals surface area (Å²) in [7, 11) is -3.61. The van der Waals surface area contributed by atoms with Crippen LogP contribution in [0.2, 0.25) is 0 Å². The second kappa shape index (κ2) is 6.64. The van der Waals surface area contributed by atoms with E-state index in [4.69, 9.17) is 5.73 Å². The molecule has 2 N–H and O–H groups in total. The first-order valence-corrected chi connectivity index (χ1v) is 11.0. The zero-order valence-corrected chi connectivity index (χ0v) is 16.7. The minimum atomic E-state index is -3.61. The van der Waals surface area contributed by atoms with Gasteiger partial charge in [-0.2, -0.15) is 4.31 Å². The van der Waals surface area contributed by atoms with Crippen LogP contribution in [0.5, 0.6) is 0 Å². The van der Waals surface area contributed by atoms with Gasteiger partial charge in [-0.15, -0.1) is 11.3 Å². The van der Waals surface area contributed by atoms with E-state index < -0.39 is 16.1 Å². The number of thiophene rings is 1. The summed E-state index contributed by atoms with van der Waals surface area (Å²) < 4.78 is 27.7. The molecule has 1 aromatic heterocycles. The molecule has 25 heavy (non-hydrogen) atoms. The fourth-order valence-corrected chi connectivity index (χ4v) is 6.78. The second-order valence-electron chi connectivity index (χ2n) is 7.78. The van der Waals surface area contributed by atoms with Crippen LogP contribution in [-0.2, 0) is 14.8 Å². The molecule has 3 rings (SSSR count). The number of nitrogens with two attached hydrogens (primary N) is 1. The van der Waals surface area contributed by atoms with E-state index in [1.54, 1.807) is 12.1 Å². The third kappa shape index (κ3) is 3.49. The zero-order chi connectivity index (χ0) is 18.4. The van der Waals surface area contributed by atoms with Gasteiger partial charge in [0.25, 0.3) is 10.0 Å². The van der Waals surface area contributed by atoms with Gasteiger partial charge >= 0.3 is 0 Å². The number of aryl methyl sites for hydroxylation is 1. The summed E-state index contributed by atoms with van der Waals surface area (Å²) in [4.78, 5) is 15.8. The van der Waals surface area contributed by atoms with Gasteiger partial charge in [0.1, 0.15) is 10.3 Å². The average Bonchev–Trinajstić information content (AvgIpc) is 3.18. The van der Waals surface area contributed by atoms with Gasteiger partial charge in [0, 0.05) is 30.6 Å². The van der Waals surface area contributed by atoms with Crippen molar-refractivity contribution in [3.05, 3.63) is 17.0 Å². The largest absolute Gasteiger partial charge is 0.341 e. The molecule has 8 heteroatoms. The number of piperidine rings is 1. The zero-order valence-electron chi connectivity index (χ0n) is 15.1. The van der Waals surface area contributed by atoms with Gasteiger partial charge in [-0.3, -0.25) is 4.79 Å². The number of hydrogen-bond acceptors (Lipinski definition) is 5. The van der Waals surface area contributed by atoms with Gasteiger partial charge in [0.05, 0.1) is 0 Å². The highest BCUT2D eigenvalue weighted by Gasteiger charge is 2.44. The first-order chi connectivity index (χ1) is 11.6. The van der Waals surface area contributed by atoms with Crippen LogP contribution in [-0.4, -0.2) is 55.2 Å². The van der Waals surface area contributed by atoms with Crippen molar-refractivity contribution in [2.75, 3.05) is 19.6 Å². The van der Waals surface area contributed by atoms with Gasteiger partial charge < -0.3 is 10.6 Å². The molecule has 0 aromatic carbocycles. The average molecular weight is 386 g/mol. The smallest absolute Gasteiger partial charge is 0.253 e. The van der Waals surface area contributed by atoms with Crippen LogP contribution in [0.3, 0.4) is 0 Å². The molecule has 0 bridgehead atoms. The Bertz CT molecular complexity index is 757. The molecular formula is C17H27N3O3S2. The van der Waals surface area contributed by atoms with Crippen molar-refractivity contribution >= 4 is 27.3 Å². The summed E-state index contributed by atoms with van der Waals surface area (Å²) in [5.74, 6) is -0.0747. The van der Waals surface area contributed by atoms with Crippen LogP contribution < -0.4 is 5.73 Å². The van der Waals surface area contributed by atoms with E-state index in [-0.39, 0.29) is 17.4 Å². The Morgan fingerprint density at radius 3 is 2.60 bits per heavy atom. The highest BCUT2D eigenvalue weighted by molar-refractivity contribution is 7.91. The quantitative estimate of drug-likeness (QED) is 0.860. The summed E-state index contributed by atoms with van der Waals surface area (Å²) in [6.07, 6.45) is 2.06. The third-order valence-corrected chi connectivity index (χ3v) is 8.77. The number of hydrogen-bond donors (Lipinski definition) is 1. The van der Waals surface area contributed by atoms with Crippen molar-refractivity contribution in [2.45, 2.75) is 56.3 Å². The van der Waals surface area contributed by atoms with E-state index in [0.717, 1.165) is 17.7 Å². The molecule has 2 fully saturated rings. The van der Waals surface area contributed by atoms with E-state index in [1.807, 2.05) is 11.8 Å². The lowest BCUT2D eigenvalue weighted by molar-refractivity contribution is -0.138. The standard InChI is InChI=1S/C17H27N3O3S2/c1-12-6-7-15(24-12)25(22,23)20-9-4-5-13(20)16(21)19-10-8-14(18)17(2,3)11-19/h6-7,13-14H,4-5,8-11,18H2,1-3H3. The number of rotatable bonds is 3. The molecular weight excluding hydrogens is 358 g/mol. The molecule has 0 saturated carbocycles. The van der Waals surface area contributed by atoms with Gasteiger partial charge in [0.15, 0.2) is 0 Å². The summed E-state index contributed by atoms with van der Waals surface area (Å²) >= 11 is 1.26. The Balaban J connectivity index is 1.81. The predicted molar refractivity (Wildman–Crippen MR) is 98.9 cm³/mol. The minimum absolute atomic E-state index is 0.0639. The lowest BCUT2D eigenvalue weighted by atomic mass is 9.79. The lowest BCUT2D eigenvalue weighted by Crippen LogP contribution is -2.57. The summed E-state index contributed by atoms with van der Waals surface area (Å²) in [6, 6.07) is 2.92. The molecule has 0 spiro atoms. The molecule has 2 aliphatic rings. The molecule has 140 valence electrons. The Morgan fingerprint density at radius 1 is 1.28 bits per heavy atom. The van der Waals surface area contributed by atoms with Crippen LogP contribution in [0.4, 0.5) is 0 Å². The molecule has 3 heterocycles. The van der Waals surface area contributed by atoms with Crippen molar-refractivity contribution in [1.82, 2.24) is 9.21 Å². The van der Waals surface area contributed by atoms with E-state index in [1.165, 1.54) is 15.6 Å². The molecule has 0 radical (unpaired) electrons. The maximum absolute atomic E-state index is 13.1. The van der Waals surface area contributed by atoms with Gasteiger partial charge in [0.2, 0.25) is 5.91 Å². The number of carbonyl (C=O) groups excluding carboxylic acids is 1. The van der Waals surface area contributed by atoms with Crippen molar-refractivity contribution in [1.29, 1.82) is 0 Å². The maximum Gasteiger partial charge on any atom is 0.253 e. The van der Waals surface area contributed by atoms with Crippen LogP contribution in [0.1, 0.15) is 38.0 Å². The third-order valence-electron chi connectivity index (χ3n) is 5.39. The summed E-state index contributed by atoms with van der Waals surface area (Å²) in [6.45, 7) is 7.60. The summed E-state index contributed by atoms with van der Waals surface area (Å²) in [5, 5.41) is 0. The van der Waals surface area contributed by atoms with Gasteiger partial charge in [-0.25, -0.2) is 8.42 Å². The highest BCUT2D eigenvalue weighted by atomic mass is 32.2. The molecule has 2 unspecified atom stereocenters. The Kier molecular flexibility index (Phi) is 5.00. The van der Waals surface area contributed by atoms with Gasteiger partial charge in [-0.05, 0) is 43.7 Å². The van der Waals surface area contributed by atoms with E-state index in [2.05, 4.69) is 13.8 Å². The fourth-order valence-electron chi connectivity index (χ4n) is 3.71. The SMILES string of the molecule is Cc1ccc(S(=O)(=O)N2CCCC2C(=O)N2CCC(N)C(C)(C)C2)s1. The van der Waals surface area contributed by atoms with Crippen molar-refractivity contribution in [2.24, 2.45) is 11.1 Å². The van der Waals surface area contributed by atoms with Crippen molar-refractivity contribution < 1.29 is 13.2 Å². The normalized spacial score (nSPS) is 27.6. The number of nitrogens with zero attached hydrogens (tertiary/aromatic N) is 2. The van der Waals surface area contributed by atoms with E-state index in [9.17, 15) is 13.2 Å².